The Bertz CT molecular complexity index is 443. The van der Waals surface area contributed by atoms with Crippen molar-refractivity contribution in [3.8, 4) is 0 Å². The predicted molar refractivity (Wildman–Crippen MR) is 75.6 cm³/mol. The fraction of sp³-hybridized carbons (Fsp3) is 0.923. The molecule has 20 heavy (non-hydrogen) atoms. The number of carbonyl (C=O) groups excluding carboxylic acids is 1. The van der Waals surface area contributed by atoms with Crippen LogP contribution in [0.25, 0.3) is 0 Å². The van der Waals surface area contributed by atoms with E-state index in [0.29, 0.717) is 25.9 Å². The first kappa shape index (κ1) is 15.7. The van der Waals surface area contributed by atoms with E-state index in [2.05, 4.69) is 0 Å². The van der Waals surface area contributed by atoms with Crippen LogP contribution in [0.15, 0.2) is 0 Å². The van der Waals surface area contributed by atoms with Crippen LogP contribution in [0.5, 0.6) is 0 Å². The Kier molecular flexibility index (Phi) is 5.04. The van der Waals surface area contributed by atoms with E-state index >= 15 is 0 Å². The Hall–Kier alpha value is -0.660. The number of nitrogens with zero attached hydrogens (tertiary/aromatic N) is 2. The summed E-state index contributed by atoms with van der Waals surface area (Å²) in [5.74, 6) is 0.116. The molecule has 1 N–H and O–H groups in total. The summed E-state index contributed by atoms with van der Waals surface area (Å²) in [6.45, 7) is 3.25. The van der Waals surface area contributed by atoms with Gasteiger partial charge in [-0.2, -0.15) is 0 Å². The molecule has 1 unspecified atom stereocenters. The van der Waals surface area contributed by atoms with Gasteiger partial charge in [-0.15, -0.1) is 0 Å². The quantitative estimate of drug-likeness (QED) is 0.795. The molecule has 1 atom stereocenters. The minimum atomic E-state index is -3.14. The lowest BCUT2D eigenvalue weighted by molar-refractivity contribution is -0.138. The van der Waals surface area contributed by atoms with Gasteiger partial charge in [-0.05, 0) is 32.6 Å². The lowest BCUT2D eigenvalue weighted by Crippen LogP contribution is -2.46. The summed E-state index contributed by atoms with van der Waals surface area (Å²) in [5, 5.41) is 9.28. The summed E-state index contributed by atoms with van der Waals surface area (Å²) in [4.78, 5) is 14.2. The maximum absolute atomic E-state index is 12.4. The number of hydrogen-bond donors (Lipinski definition) is 1. The zero-order valence-electron chi connectivity index (χ0n) is 12.0. The first-order valence-corrected chi connectivity index (χ1v) is 8.99. The second-order valence-electron chi connectivity index (χ2n) is 5.58. The molecule has 116 valence electrons. The standard InChI is InChI=1S/C13H24N2O4S/c1-2-20(18,19)14-8-5-11(6-9-14)13(17)15-7-3-4-12(15)10-16/h11-12,16H,2-10H2,1H3. The third-order valence-corrected chi connectivity index (χ3v) is 6.31. The van der Waals surface area contributed by atoms with Gasteiger partial charge >= 0.3 is 0 Å². The van der Waals surface area contributed by atoms with Crippen LogP contribution >= 0.6 is 0 Å². The van der Waals surface area contributed by atoms with E-state index in [-0.39, 0.29) is 30.2 Å². The van der Waals surface area contributed by atoms with Crippen molar-refractivity contribution in [2.75, 3.05) is 32.0 Å². The van der Waals surface area contributed by atoms with Gasteiger partial charge in [0.15, 0.2) is 0 Å². The van der Waals surface area contributed by atoms with E-state index in [9.17, 15) is 18.3 Å². The SMILES string of the molecule is CCS(=O)(=O)N1CCC(C(=O)N2CCCC2CO)CC1. The topological polar surface area (TPSA) is 77.9 Å². The molecular weight excluding hydrogens is 280 g/mol. The van der Waals surface area contributed by atoms with Crippen molar-refractivity contribution in [2.24, 2.45) is 5.92 Å². The van der Waals surface area contributed by atoms with Crippen molar-refractivity contribution in [2.45, 2.75) is 38.6 Å². The Morgan fingerprint density at radius 2 is 1.85 bits per heavy atom. The number of carbonyl (C=O) groups is 1. The third-order valence-electron chi connectivity index (χ3n) is 4.43. The van der Waals surface area contributed by atoms with Crippen molar-refractivity contribution < 1.29 is 18.3 Å². The monoisotopic (exact) mass is 304 g/mol. The van der Waals surface area contributed by atoms with Crippen molar-refractivity contribution >= 4 is 15.9 Å². The number of aliphatic hydroxyl groups excluding tert-OH is 1. The van der Waals surface area contributed by atoms with Gasteiger partial charge in [0.25, 0.3) is 0 Å². The molecule has 0 saturated carbocycles. The van der Waals surface area contributed by atoms with Gasteiger partial charge in [0.1, 0.15) is 0 Å². The number of hydrogen-bond acceptors (Lipinski definition) is 4. The fourth-order valence-corrected chi connectivity index (χ4v) is 4.25. The van der Waals surface area contributed by atoms with Crippen LogP contribution in [0.4, 0.5) is 0 Å². The van der Waals surface area contributed by atoms with Gasteiger partial charge in [-0.1, -0.05) is 0 Å². The highest BCUT2D eigenvalue weighted by molar-refractivity contribution is 7.89. The normalized spacial score (nSPS) is 26.1. The highest BCUT2D eigenvalue weighted by atomic mass is 32.2. The summed E-state index contributed by atoms with van der Waals surface area (Å²) < 4.78 is 25.1. The van der Waals surface area contributed by atoms with E-state index < -0.39 is 10.0 Å². The molecule has 7 heteroatoms. The van der Waals surface area contributed by atoms with E-state index in [0.717, 1.165) is 19.4 Å². The number of sulfonamides is 1. The highest BCUT2D eigenvalue weighted by Crippen LogP contribution is 2.26. The molecule has 2 heterocycles. The van der Waals surface area contributed by atoms with Gasteiger partial charge in [0.2, 0.25) is 15.9 Å². The summed E-state index contributed by atoms with van der Waals surface area (Å²) in [7, 11) is -3.14. The molecular formula is C13H24N2O4S. The maximum atomic E-state index is 12.4. The highest BCUT2D eigenvalue weighted by Gasteiger charge is 2.36. The van der Waals surface area contributed by atoms with E-state index in [1.807, 2.05) is 0 Å². The van der Waals surface area contributed by atoms with E-state index in [4.69, 9.17) is 0 Å². The number of rotatable bonds is 4. The van der Waals surface area contributed by atoms with Crippen LogP contribution in [-0.2, 0) is 14.8 Å². The molecule has 0 aliphatic carbocycles. The largest absolute Gasteiger partial charge is 0.394 e. The lowest BCUT2D eigenvalue weighted by Gasteiger charge is -2.33. The van der Waals surface area contributed by atoms with Crippen molar-refractivity contribution in [1.82, 2.24) is 9.21 Å². The smallest absolute Gasteiger partial charge is 0.226 e. The average molecular weight is 304 g/mol. The molecule has 0 radical (unpaired) electrons. The number of likely N-dealkylation sites (tertiary alicyclic amines) is 1. The number of piperidine rings is 1. The fourth-order valence-electron chi connectivity index (χ4n) is 3.11. The van der Waals surface area contributed by atoms with Crippen LogP contribution in [-0.4, -0.2) is 66.7 Å². The van der Waals surface area contributed by atoms with Crippen LogP contribution in [0, 0.1) is 5.92 Å². The predicted octanol–water partition coefficient (Wildman–Crippen LogP) is 0.0314. The first-order valence-electron chi connectivity index (χ1n) is 7.38. The molecule has 2 aliphatic rings. The van der Waals surface area contributed by atoms with Crippen LogP contribution in [0.3, 0.4) is 0 Å². The maximum Gasteiger partial charge on any atom is 0.226 e. The summed E-state index contributed by atoms with van der Waals surface area (Å²) in [6, 6.07) is -0.0418. The Morgan fingerprint density at radius 1 is 1.20 bits per heavy atom. The van der Waals surface area contributed by atoms with Crippen LogP contribution < -0.4 is 0 Å². The van der Waals surface area contributed by atoms with Gasteiger partial charge < -0.3 is 10.0 Å². The minimum Gasteiger partial charge on any atom is -0.394 e. The van der Waals surface area contributed by atoms with Gasteiger partial charge in [0.05, 0.1) is 18.4 Å². The zero-order chi connectivity index (χ0) is 14.8. The molecule has 0 aromatic carbocycles. The van der Waals surface area contributed by atoms with Gasteiger partial charge in [-0.25, -0.2) is 12.7 Å². The lowest BCUT2D eigenvalue weighted by atomic mass is 9.96. The van der Waals surface area contributed by atoms with Crippen molar-refractivity contribution in [1.29, 1.82) is 0 Å². The molecule has 6 nitrogen and oxygen atoms in total. The van der Waals surface area contributed by atoms with Crippen molar-refractivity contribution in [3.05, 3.63) is 0 Å². The van der Waals surface area contributed by atoms with Crippen LogP contribution in [0.2, 0.25) is 0 Å². The van der Waals surface area contributed by atoms with E-state index in [1.54, 1.807) is 11.8 Å². The molecule has 2 aliphatic heterocycles. The molecule has 0 bridgehead atoms. The summed E-state index contributed by atoms with van der Waals surface area (Å²) in [6.07, 6.45) is 2.99. The zero-order valence-corrected chi connectivity index (χ0v) is 12.8. The number of amides is 1. The molecule has 0 aromatic rings. The number of aliphatic hydroxyl groups is 1. The Labute approximate surface area is 120 Å². The van der Waals surface area contributed by atoms with Gasteiger partial charge in [0, 0.05) is 25.6 Å². The Balaban J connectivity index is 1.92. The molecule has 0 aromatic heterocycles. The molecule has 0 spiro atoms. The van der Waals surface area contributed by atoms with E-state index in [1.165, 1.54) is 4.31 Å². The molecule has 2 saturated heterocycles. The molecule has 2 rings (SSSR count). The summed E-state index contributed by atoms with van der Waals surface area (Å²) in [5.41, 5.74) is 0. The second-order valence-corrected chi connectivity index (χ2v) is 7.84. The summed E-state index contributed by atoms with van der Waals surface area (Å²) >= 11 is 0. The Morgan fingerprint density at radius 3 is 2.40 bits per heavy atom. The van der Waals surface area contributed by atoms with Gasteiger partial charge in [-0.3, -0.25) is 4.79 Å². The minimum absolute atomic E-state index is 0.0226. The second kappa shape index (κ2) is 6.41. The van der Waals surface area contributed by atoms with Crippen molar-refractivity contribution in [3.63, 3.8) is 0 Å². The average Bonchev–Trinajstić information content (AvgIpc) is 2.95. The molecule has 1 amide bonds. The third kappa shape index (κ3) is 3.15. The molecule has 2 fully saturated rings. The van der Waals surface area contributed by atoms with Crippen LogP contribution in [0.1, 0.15) is 32.6 Å². The first-order chi connectivity index (χ1) is 9.49.